The molecule has 0 saturated heterocycles. The molecule has 7 heteroatoms. The van der Waals surface area contributed by atoms with Gasteiger partial charge in [0.1, 0.15) is 17.9 Å². The summed E-state index contributed by atoms with van der Waals surface area (Å²) in [6.07, 6.45) is -5.13. The zero-order valence-corrected chi connectivity index (χ0v) is 12.6. The molecule has 0 aliphatic rings. The molecular formula is C17H13F3O4. The predicted octanol–water partition coefficient (Wildman–Crippen LogP) is 3.91. The molecule has 0 saturated carbocycles. The Labute approximate surface area is 135 Å². The average Bonchev–Trinajstić information content (AvgIpc) is 2.49. The number of benzene rings is 2. The van der Waals surface area contributed by atoms with Gasteiger partial charge in [0.2, 0.25) is 0 Å². The van der Waals surface area contributed by atoms with Gasteiger partial charge in [-0.3, -0.25) is 9.59 Å². The molecule has 0 atom stereocenters. The first kappa shape index (κ1) is 17.5. The van der Waals surface area contributed by atoms with Crippen molar-refractivity contribution in [2.75, 3.05) is 0 Å². The van der Waals surface area contributed by atoms with Crippen LogP contribution in [0.2, 0.25) is 0 Å². The van der Waals surface area contributed by atoms with E-state index < -0.39 is 30.1 Å². The van der Waals surface area contributed by atoms with Crippen LogP contribution in [0.3, 0.4) is 0 Å². The average molecular weight is 338 g/mol. The lowest BCUT2D eigenvalue weighted by molar-refractivity contribution is -0.144. The number of aryl methyl sites for hydroxylation is 1. The number of carbonyl (C=O) groups is 2. The lowest BCUT2D eigenvalue weighted by Crippen LogP contribution is -2.18. The van der Waals surface area contributed by atoms with Gasteiger partial charge >= 0.3 is 18.1 Å². The molecule has 0 amide bonds. The summed E-state index contributed by atoms with van der Waals surface area (Å²) in [5, 5.41) is 0. The maximum atomic E-state index is 12.4. The van der Waals surface area contributed by atoms with Gasteiger partial charge < -0.3 is 9.47 Å². The minimum absolute atomic E-state index is 0.0869. The van der Waals surface area contributed by atoms with E-state index in [0.29, 0.717) is 0 Å². The highest BCUT2D eigenvalue weighted by molar-refractivity contribution is 5.93. The van der Waals surface area contributed by atoms with Crippen LogP contribution in [0, 0.1) is 6.92 Å². The number of hydrogen-bond donors (Lipinski definition) is 0. The van der Waals surface area contributed by atoms with E-state index >= 15 is 0 Å². The van der Waals surface area contributed by atoms with Crippen LogP contribution in [-0.4, -0.2) is 11.9 Å². The molecule has 0 aromatic heterocycles. The summed E-state index contributed by atoms with van der Waals surface area (Å²) in [6.45, 7) is 1.87. The summed E-state index contributed by atoms with van der Waals surface area (Å²) in [7, 11) is 0. The highest BCUT2D eigenvalue weighted by atomic mass is 19.4. The molecule has 0 radical (unpaired) electrons. The van der Waals surface area contributed by atoms with Crippen LogP contribution in [0.1, 0.15) is 17.5 Å². The zero-order chi connectivity index (χ0) is 17.7. The lowest BCUT2D eigenvalue weighted by Gasteiger charge is -2.08. The third kappa shape index (κ3) is 5.12. The number of rotatable bonds is 4. The van der Waals surface area contributed by atoms with Crippen molar-refractivity contribution in [3.8, 4) is 11.5 Å². The van der Waals surface area contributed by atoms with Crippen molar-refractivity contribution in [3.05, 3.63) is 59.7 Å². The van der Waals surface area contributed by atoms with E-state index in [4.69, 9.17) is 9.47 Å². The fourth-order valence-corrected chi connectivity index (χ4v) is 1.77. The van der Waals surface area contributed by atoms with Gasteiger partial charge in [0.25, 0.3) is 0 Å². The second kappa shape index (κ2) is 7.16. The minimum atomic E-state index is -4.47. The Kier molecular flexibility index (Phi) is 5.23. The summed E-state index contributed by atoms with van der Waals surface area (Å²) in [5.41, 5.74) is 0.123. The highest BCUT2D eigenvalue weighted by Gasteiger charge is 2.30. The van der Waals surface area contributed by atoms with Crippen LogP contribution in [0.4, 0.5) is 13.2 Å². The van der Waals surface area contributed by atoms with Crippen LogP contribution in [0.15, 0.2) is 48.5 Å². The van der Waals surface area contributed by atoms with Gasteiger partial charge in [-0.1, -0.05) is 17.7 Å². The third-order valence-electron chi connectivity index (χ3n) is 2.95. The first-order valence-corrected chi connectivity index (χ1v) is 6.89. The van der Waals surface area contributed by atoms with E-state index in [0.717, 1.165) is 29.8 Å². The normalized spacial score (nSPS) is 11.0. The van der Waals surface area contributed by atoms with E-state index in [1.54, 1.807) is 24.3 Å². The quantitative estimate of drug-likeness (QED) is 0.482. The first-order valence-electron chi connectivity index (χ1n) is 6.89. The molecule has 0 bridgehead atoms. The molecule has 0 aliphatic heterocycles. The second-order valence-corrected chi connectivity index (χ2v) is 4.96. The Bertz CT molecular complexity index is 719. The smallest absolute Gasteiger partial charge is 0.416 e. The molecule has 0 fully saturated rings. The van der Waals surface area contributed by atoms with Gasteiger partial charge in [0, 0.05) is 0 Å². The maximum absolute atomic E-state index is 12.4. The Balaban J connectivity index is 1.88. The van der Waals surface area contributed by atoms with Crippen molar-refractivity contribution in [3.63, 3.8) is 0 Å². The summed E-state index contributed by atoms with van der Waals surface area (Å²) in [5.74, 6) is -1.55. The SMILES string of the molecule is Cc1ccc(OC(=O)CC(=O)Oc2ccc(C(F)(F)F)cc2)cc1. The summed E-state index contributed by atoms with van der Waals surface area (Å²) in [4.78, 5) is 23.2. The van der Waals surface area contributed by atoms with Gasteiger partial charge in [0.05, 0.1) is 5.56 Å². The molecule has 4 nitrogen and oxygen atoms in total. The molecule has 0 aliphatic carbocycles. The van der Waals surface area contributed by atoms with Crippen LogP contribution >= 0.6 is 0 Å². The number of halogens is 3. The number of esters is 2. The van der Waals surface area contributed by atoms with Crippen LogP contribution in [0.25, 0.3) is 0 Å². The summed E-state index contributed by atoms with van der Waals surface area (Å²) < 4.78 is 47.0. The third-order valence-corrected chi connectivity index (χ3v) is 2.95. The topological polar surface area (TPSA) is 52.6 Å². The maximum Gasteiger partial charge on any atom is 0.416 e. The molecule has 2 rings (SSSR count). The number of alkyl halides is 3. The monoisotopic (exact) mass is 338 g/mol. The molecule has 2 aromatic carbocycles. The van der Waals surface area contributed by atoms with Crippen molar-refractivity contribution in [2.45, 2.75) is 19.5 Å². The molecule has 0 N–H and O–H groups in total. The fraction of sp³-hybridized carbons (Fsp3) is 0.176. The van der Waals surface area contributed by atoms with Crippen LogP contribution < -0.4 is 9.47 Å². The molecule has 0 spiro atoms. The number of ether oxygens (including phenoxy) is 2. The Morgan fingerprint density at radius 1 is 0.833 bits per heavy atom. The first-order chi connectivity index (χ1) is 11.2. The van der Waals surface area contributed by atoms with Crippen LogP contribution in [0.5, 0.6) is 11.5 Å². The van der Waals surface area contributed by atoms with Crippen LogP contribution in [-0.2, 0) is 15.8 Å². The molecule has 24 heavy (non-hydrogen) atoms. The van der Waals surface area contributed by atoms with E-state index in [9.17, 15) is 22.8 Å². The molecule has 2 aromatic rings. The van der Waals surface area contributed by atoms with E-state index in [1.165, 1.54) is 0 Å². The molecular weight excluding hydrogens is 325 g/mol. The Morgan fingerprint density at radius 3 is 1.67 bits per heavy atom. The highest BCUT2D eigenvalue weighted by Crippen LogP contribution is 2.30. The summed E-state index contributed by atoms with van der Waals surface area (Å²) in [6, 6.07) is 10.2. The second-order valence-electron chi connectivity index (χ2n) is 4.96. The van der Waals surface area contributed by atoms with E-state index in [2.05, 4.69) is 0 Å². The fourth-order valence-electron chi connectivity index (χ4n) is 1.77. The van der Waals surface area contributed by atoms with Crippen molar-refractivity contribution >= 4 is 11.9 Å². The number of carbonyl (C=O) groups excluding carboxylic acids is 2. The van der Waals surface area contributed by atoms with Gasteiger partial charge in [0.15, 0.2) is 0 Å². The van der Waals surface area contributed by atoms with Gasteiger partial charge in [-0.15, -0.1) is 0 Å². The molecule has 0 heterocycles. The van der Waals surface area contributed by atoms with Gasteiger partial charge in [-0.05, 0) is 43.3 Å². The van der Waals surface area contributed by atoms with Gasteiger partial charge in [-0.25, -0.2) is 0 Å². The van der Waals surface area contributed by atoms with E-state index in [-0.39, 0.29) is 11.5 Å². The molecule has 0 unspecified atom stereocenters. The van der Waals surface area contributed by atoms with Crippen molar-refractivity contribution < 1.29 is 32.2 Å². The zero-order valence-electron chi connectivity index (χ0n) is 12.6. The Morgan fingerprint density at radius 2 is 1.25 bits per heavy atom. The van der Waals surface area contributed by atoms with Crippen molar-refractivity contribution in [1.29, 1.82) is 0 Å². The standard InChI is InChI=1S/C17H13F3O4/c1-11-2-6-13(7-3-11)23-15(21)10-16(22)24-14-8-4-12(5-9-14)17(18,19)20/h2-9H,10H2,1H3. The number of hydrogen-bond acceptors (Lipinski definition) is 4. The summed E-state index contributed by atoms with van der Waals surface area (Å²) >= 11 is 0. The largest absolute Gasteiger partial charge is 0.426 e. The van der Waals surface area contributed by atoms with Crippen molar-refractivity contribution in [1.82, 2.24) is 0 Å². The van der Waals surface area contributed by atoms with E-state index in [1.807, 2.05) is 6.92 Å². The van der Waals surface area contributed by atoms with Gasteiger partial charge in [-0.2, -0.15) is 13.2 Å². The Hall–Kier alpha value is -2.83. The predicted molar refractivity (Wildman–Crippen MR) is 78.5 cm³/mol. The lowest BCUT2D eigenvalue weighted by atomic mass is 10.2. The minimum Gasteiger partial charge on any atom is -0.426 e. The molecule has 126 valence electrons. The van der Waals surface area contributed by atoms with Crippen molar-refractivity contribution in [2.24, 2.45) is 0 Å².